The molecular formula is C28H30F6N4O4. The molecule has 3 aromatic rings. The smallest absolute Gasteiger partial charge is 0.416 e. The van der Waals surface area contributed by atoms with Crippen LogP contribution in [0, 0.1) is 0 Å². The summed E-state index contributed by atoms with van der Waals surface area (Å²) in [4.78, 5) is 28.5. The Kier molecular flexibility index (Phi) is 9.48. The number of phenols is 1. The maximum Gasteiger partial charge on any atom is 0.416 e. The number of piperidine rings is 1. The van der Waals surface area contributed by atoms with Crippen LogP contribution in [-0.4, -0.2) is 58.2 Å². The molecule has 5 N–H and O–H groups in total. The summed E-state index contributed by atoms with van der Waals surface area (Å²) in [7, 11) is 0. The van der Waals surface area contributed by atoms with Crippen LogP contribution in [0.4, 0.5) is 26.3 Å². The van der Waals surface area contributed by atoms with Gasteiger partial charge in [0, 0.05) is 43.5 Å². The van der Waals surface area contributed by atoms with Gasteiger partial charge < -0.3 is 30.7 Å². The number of carbonyl (C=O) groups is 1. The first-order valence-electron chi connectivity index (χ1n) is 13.2. The average Bonchev–Trinajstić information content (AvgIpc) is 2.93. The number of amides is 1. The molecule has 1 fully saturated rings. The third-order valence-corrected chi connectivity index (χ3v) is 7.25. The van der Waals surface area contributed by atoms with E-state index in [4.69, 9.17) is 0 Å². The molecule has 228 valence electrons. The molecule has 1 aliphatic heterocycles. The van der Waals surface area contributed by atoms with Crippen LogP contribution in [0.2, 0.25) is 0 Å². The van der Waals surface area contributed by atoms with Crippen LogP contribution in [0.5, 0.6) is 5.75 Å². The van der Waals surface area contributed by atoms with Crippen LogP contribution in [0.25, 0.3) is 10.9 Å². The SMILES string of the molecule is O=C(CCN1CCC(NC[C@H](O)c2ccc(O)c3[nH]c(=O)ccc23)CC1)NCc1cc(C(F)(F)F)cc(C(F)(F)F)c1. The number of aliphatic hydroxyl groups excluding tert-OH is 1. The zero-order valence-electron chi connectivity index (χ0n) is 22.3. The van der Waals surface area contributed by atoms with Crippen LogP contribution in [0.15, 0.2) is 47.3 Å². The molecule has 42 heavy (non-hydrogen) atoms. The number of alkyl halides is 6. The van der Waals surface area contributed by atoms with Crippen molar-refractivity contribution in [1.82, 2.24) is 20.5 Å². The van der Waals surface area contributed by atoms with E-state index in [1.54, 1.807) is 12.1 Å². The number of aromatic nitrogens is 1. The summed E-state index contributed by atoms with van der Waals surface area (Å²) < 4.78 is 78.2. The van der Waals surface area contributed by atoms with Crippen LogP contribution < -0.4 is 16.2 Å². The van der Waals surface area contributed by atoms with Crippen molar-refractivity contribution >= 4 is 16.8 Å². The number of aliphatic hydroxyl groups is 1. The fourth-order valence-corrected chi connectivity index (χ4v) is 4.97. The number of rotatable bonds is 9. The van der Waals surface area contributed by atoms with Crippen LogP contribution in [-0.2, 0) is 23.7 Å². The lowest BCUT2D eigenvalue weighted by molar-refractivity contribution is -0.143. The van der Waals surface area contributed by atoms with E-state index in [0.717, 1.165) is 12.8 Å². The Hall–Kier alpha value is -3.62. The Labute approximate surface area is 236 Å². The second kappa shape index (κ2) is 12.7. The lowest BCUT2D eigenvalue weighted by atomic mass is 10.0. The van der Waals surface area contributed by atoms with Crippen molar-refractivity contribution in [3.05, 3.63) is 75.1 Å². The Bertz CT molecular complexity index is 1430. The predicted molar refractivity (Wildman–Crippen MR) is 142 cm³/mol. The lowest BCUT2D eigenvalue weighted by Gasteiger charge is -2.32. The first-order valence-corrected chi connectivity index (χ1v) is 13.2. The number of hydrogen-bond acceptors (Lipinski definition) is 6. The number of likely N-dealkylation sites (tertiary alicyclic amines) is 1. The number of hydrogen-bond donors (Lipinski definition) is 5. The van der Waals surface area contributed by atoms with Gasteiger partial charge in [0.1, 0.15) is 5.75 Å². The van der Waals surface area contributed by atoms with Crippen molar-refractivity contribution in [3.63, 3.8) is 0 Å². The summed E-state index contributed by atoms with van der Waals surface area (Å²) >= 11 is 0. The van der Waals surface area contributed by atoms with Crippen LogP contribution >= 0.6 is 0 Å². The van der Waals surface area contributed by atoms with E-state index in [1.165, 1.54) is 12.1 Å². The summed E-state index contributed by atoms with van der Waals surface area (Å²) in [6.45, 7) is 1.43. The fraction of sp³-hybridized carbons (Fsp3) is 0.429. The van der Waals surface area contributed by atoms with E-state index < -0.39 is 42.0 Å². The standard InChI is InChI=1S/C28H30F6N4O4/c29-27(30,31)17-11-16(12-18(13-17)28(32,33)34)14-36-24(41)7-10-38-8-5-19(6-9-38)35-15-23(40)20-1-3-22(39)26-21(20)2-4-25(42)37-26/h1-4,11-13,19,23,35,39-40H,5-10,14-15H2,(H,36,41)(H,37,42)/t23-/m0/s1. The zero-order chi connectivity index (χ0) is 30.7. The van der Waals surface area contributed by atoms with Crippen molar-refractivity contribution in [2.75, 3.05) is 26.2 Å². The number of pyridine rings is 1. The highest BCUT2D eigenvalue weighted by Crippen LogP contribution is 2.36. The summed E-state index contributed by atoms with van der Waals surface area (Å²) in [6, 6.07) is 7.18. The van der Waals surface area contributed by atoms with E-state index in [2.05, 4.69) is 15.6 Å². The summed E-state index contributed by atoms with van der Waals surface area (Å²) in [5, 5.41) is 27.0. The van der Waals surface area contributed by atoms with Crippen molar-refractivity contribution in [1.29, 1.82) is 0 Å². The number of benzene rings is 2. The second-order valence-electron chi connectivity index (χ2n) is 10.3. The number of carbonyl (C=O) groups excluding carboxylic acids is 1. The number of phenolic OH excluding ortho intramolecular Hbond substituents is 1. The third-order valence-electron chi connectivity index (χ3n) is 7.25. The zero-order valence-corrected chi connectivity index (χ0v) is 22.3. The van der Waals surface area contributed by atoms with E-state index in [9.17, 15) is 46.1 Å². The minimum Gasteiger partial charge on any atom is -0.506 e. The normalized spacial score (nSPS) is 16.1. The number of aromatic amines is 1. The van der Waals surface area contributed by atoms with Gasteiger partial charge in [-0.2, -0.15) is 26.3 Å². The molecule has 8 nitrogen and oxygen atoms in total. The molecule has 0 spiro atoms. The number of fused-ring (bicyclic) bond motifs is 1. The van der Waals surface area contributed by atoms with Gasteiger partial charge in [-0.25, -0.2) is 0 Å². The molecule has 14 heteroatoms. The Morgan fingerprint density at radius 2 is 1.64 bits per heavy atom. The molecule has 1 aromatic heterocycles. The highest BCUT2D eigenvalue weighted by atomic mass is 19.4. The molecule has 1 amide bonds. The summed E-state index contributed by atoms with van der Waals surface area (Å²) in [5.74, 6) is -0.592. The lowest BCUT2D eigenvalue weighted by Crippen LogP contribution is -2.44. The number of aromatic hydroxyl groups is 1. The maximum absolute atomic E-state index is 13.0. The quantitative estimate of drug-likeness (QED) is 0.237. The number of H-pyrrole nitrogens is 1. The molecule has 4 rings (SSSR count). The Morgan fingerprint density at radius 1 is 1.00 bits per heavy atom. The first-order chi connectivity index (χ1) is 19.7. The molecule has 0 aliphatic carbocycles. The van der Waals surface area contributed by atoms with Gasteiger partial charge in [0.2, 0.25) is 11.5 Å². The fourth-order valence-electron chi connectivity index (χ4n) is 4.97. The van der Waals surface area contributed by atoms with Gasteiger partial charge in [0.25, 0.3) is 0 Å². The van der Waals surface area contributed by atoms with Gasteiger partial charge >= 0.3 is 12.4 Å². The summed E-state index contributed by atoms with van der Waals surface area (Å²) in [5.41, 5.74) is -2.74. The maximum atomic E-state index is 13.0. The largest absolute Gasteiger partial charge is 0.506 e. The molecule has 2 aromatic carbocycles. The van der Waals surface area contributed by atoms with Crippen molar-refractivity contribution in [2.24, 2.45) is 0 Å². The molecule has 0 bridgehead atoms. The molecule has 1 saturated heterocycles. The van der Waals surface area contributed by atoms with E-state index in [0.29, 0.717) is 42.7 Å². The molecular weight excluding hydrogens is 570 g/mol. The summed E-state index contributed by atoms with van der Waals surface area (Å²) in [6.07, 6.45) is -9.34. The topological polar surface area (TPSA) is 118 Å². The Balaban J connectivity index is 1.21. The number of halogens is 6. The van der Waals surface area contributed by atoms with E-state index in [-0.39, 0.29) is 47.5 Å². The molecule has 0 radical (unpaired) electrons. The van der Waals surface area contributed by atoms with Gasteiger partial charge in [-0.05, 0) is 67.4 Å². The van der Waals surface area contributed by atoms with Crippen molar-refractivity contribution in [2.45, 2.75) is 50.3 Å². The van der Waals surface area contributed by atoms with Crippen molar-refractivity contribution in [3.8, 4) is 5.75 Å². The molecule has 1 aliphatic rings. The molecule has 0 saturated carbocycles. The molecule has 2 heterocycles. The number of nitrogens with zero attached hydrogens (tertiary/aromatic N) is 1. The van der Waals surface area contributed by atoms with Gasteiger partial charge in [-0.15, -0.1) is 0 Å². The second-order valence-corrected chi connectivity index (χ2v) is 10.3. The third kappa shape index (κ3) is 8.01. The monoisotopic (exact) mass is 600 g/mol. The average molecular weight is 601 g/mol. The minimum atomic E-state index is -4.96. The highest BCUT2D eigenvalue weighted by molar-refractivity contribution is 5.87. The van der Waals surface area contributed by atoms with Crippen molar-refractivity contribution < 1.29 is 41.4 Å². The molecule has 0 unspecified atom stereocenters. The first kappa shape index (κ1) is 31.3. The van der Waals surface area contributed by atoms with E-state index >= 15 is 0 Å². The molecule has 1 atom stereocenters. The van der Waals surface area contributed by atoms with Gasteiger partial charge in [-0.3, -0.25) is 9.59 Å². The number of nitrogens with one attached hydrogen (secondary N) is 3. The Morgan fingerprint density at radius 3 is 2.26 bits per heavy atom. The van der Waals surface area contributed by atoms with Crippen LogP contribution in [0.1, 0.15) is 47.6 Å². The van der Waals surface area contributed by atoms with Gasteiger partial charge in [0.05, 0.1) is 22.7 Å². The van der Waals surface area contributed by atoms with Crippen LogP contribution in [0.3, 0.4) is 0 Å². The highest BCUT2D eigenvalue weighted by Gasteiger charge is 2.37. The minimum absolute atomic E-state index is 0.0257. The van der Waals surface area contributed by atoms with E-state index in [1.807, 2.05) is 4.90 Å². The van der Waals surface area contributed by atoms with Gasteiger partial charge in [-0.1, -0.05) is 6.07 Å². The van der Waals surface area contributed by atoms with Gasteiger partial charge in [0.15, 0.2) is 0 Å². The predicted octanol–water partition coefficient (Wildman–Crippen LogP) is 4.07.